The van der Waals surface area contributed by atoms with Crippen molar-refractivity contribution in [3.8, 4) is 5.88 Å². The van der Waals surface area contributed by atoms with Gasteiger partial charge in [-0.15, -0.1) is 0 Å². The molecule has 1 saturated carbocycles. The second kappa shape index (κ2) is 9.97. The number of hydrogen-bond acceptors (Lipinski definition) is 7. The number of piperidine rings is 1. The summed E-state index contributed by atoms with van der Waals surface area (Å²) in [5.74, 6) is 3.49. The molecular weight excluding hydrogens is 438 g/mol. The number of aliphatic hydroxyl groups is 1. The van der Waals surface area contributed by atoms with E-state index >= 15 is 0 Å². The molecule has 6 rings (SSSR count). The Labute approximate surface area is 207 Å². The predicted molar refractivity (Wildman–Crippen MR) is 138 cm³/mol. The van der Waals surface area contributed by atoms with Gasteiger partial charge in [-0.2, -0.15) is 4.98 Å². The molecule has 184 valence electrons. The van der Waals surface area contributed by atoms with E-state index in [-0.39, 0.29) is 12.7 Å². The second-order valence-corrected chi connectivity index (χ2v) is 10.4. The molecule has 3 aromatic rings. The molecule has 0 unspecified atom stereocenters. The van der Waals surface area contributed by atoms with Crippen LogP contribution < -0.4 is 14.5 Å². The van der Waals surface area contributed by atoms with E-state index in [1.165, 1.54) is 32.1 Å². The number of anilines is 2. The van der Waals surface area contributed by atoms with Crippen molar-refractivity contribution in [1.29, 1.82) is 0 Å². The van der Waals surface area contributed by atoms with Crippen LogP contribution >= 0.6 is 0 Å². The quantitative estimate of drug-likeness (QED) is 0.563. The van der Waals surface area contributed by atoms with Crippen LogP contribution in [0, 0.1) is 5.92 Å². The molecule has 1 aliphatic carbocycles. The van der Waals surface area contributed by atoms with Crippen LogP contribution in [0.1, 0.15) is 56.6 Å². The summed E-state index contributed by atoms with van der Waals surface area (Å²) in [4.78, 5) is 19.4. The number of aromatic nitrogens is 3. The van der Waals surface area contributed by atoms with E-state index in [4.69, 9.17) is 19.7 Å². The lowest BCUT2D eigenvalue weighted by Gasteiger charge is -2.40. The predicted octanol–water partition coefficient (Wildman–Crippen LogP) is 4.55. The van der Waals surface area contributed by atoms with Gasteiger partial charge in [-0.25, -0.2) is 4.98 Å². The van der Waals surface area contributed by atoms with Gasteiger partial charge in [-0.1, -0.05) is 37.5 Å². The largest absolute Gasteiger partial charge is 0.469 e. The molecule has 2 saturated heterocycles. The van der Waals surface area contributed by atoms with Crippen LogP contribution in [-0.2, 0) is 0 Å². The molecule has 7 heteroatoms. The fourth-order valence-corrected chi connectivity index (χ4v) is 5.70. The van der Waals surface area contributed by atoms with Crippen molar-refractivity contribution in [2.24, 2.45) is 5.92 Å². The van der Waals surface area contributed by atoms with Gasteiger partial charge in [0.25, 0.3) is 0 Å². The van der Waals surface area contributed by atoms with E-state index in [9.17, 15) is 5.11 Å². The fourth-order valence-electron chi connectivity index (χ4n) is 5.70. The van der Waals surface area contributed by atoms with Crippen LogP contribution in [-0.4, -0.2) is 58.9 Å². The lowest BCUT2D eigenvalue weighted by molar-refractivity contribution is 0.155. The van der Waals surface area contributed by atoms with E-state index < -0.39 is 0 Å². The highest BCUT2D eigenvalue weighted by atomic mass is 16.5. The average Bonchev–Trinajstić information content (AvgIpc) is 2.90. The lowest BCUT2D eigenvalue weighted by Crippen LogP contribution is -2.54. The number of para-hydroxylation sites is 1. The van der Waals surface area contributed by atoms with Gasteiger partial charge in [0.05, 0.1) is 24.8 Å². The lowest BCUT2D eigenvalue weighted by atomic mass is 9.87. The van der Waals surface area contributed by atoms with Gasteiger partial charge in [-0.05, 0) is 49.8 Å². The van der Waals surface area contributed by atoms with Crippen LogP contribution in [0.4, 0.5) is 11.6 Å². The normalized spacial score (nSPS) is 20.3. The number of ether oxygens (including phenoxy) is 1. The third-order valence-corrected chi connectivity index (χ3v) is 7.98. The molecular formula is C28H35N5O2. The zero-order valence-corrected chi connectivity index (χ0v) is 20.4. The Kier molecular flexibility index (Phi) is 6.42. The molecule has 0 atom stereocenters. The van der Waals surface area contributed by atoms with Crippen molar-refractivity contribution >= 4 is 22.5 Å². The molecule has 0 amide bonds. The van der Waals surface area contributed by atoms with E-state index in [2.05, 4.69) is 34.1 Å². The first-order valence-electron chi connectivity index (χ1n) is 13.3. The molecule has 1 aromatic carbocycles. The highest BCUT2D eigenvalue weighted by Gasteiger charge is 2.33. The van der Waals surface area contributed by atoms with Gasteiger partial charge in [-0.3, -0.25) is 4.98 Å². The van der Waals surface area contributed by atoms with Crippen molar-refractivity contribution in [2.45, 2.75) is 57.0 Å². The molecule has 0 radical (unpaired) electrons. The monoisotopic (exact) mass is 473 g/mol. The Hall–Kier alpha value is -2.93. The molecule has 7 nitrogen and oxygen atoms in total. The first-order chi connectivity index (χ1) is 17.3. The van der Waals surface area contributed by atoms with E-state index in [1.54, 1.807) is 0 Å². The summed E-state index contributed by atoms with van der Waals surface area (Å²) in [6.45, 7) is 3.71. The van der Waals surface area contributed by atoms with Gasteiger partial charge in [0.2, 0.25) is 5.88 Å². The minimum atomic E-state index is 0.0929. The van der Waals surface area contributed by atoms with Gasteiger partial charge in [0.1, 0.15) is 17.6 Å². The SMILES string of the molecule is OCC1CCN(c2cnc(C3CCCCC3)c(OC3CN(c4ccc5ccccc5n4)C3)n2)CC1. The zero-order valence-electron chi connectivity index (χ0n) is 20.4. The summed E-state index contributed by atoms with van der Waals surface area (Å²) in [5, 5.41) is 10.6. The standard InChI is InChI=1S/C28H35N5O2/c34-19-20-12-14-32(15-13-20)26-16-29-27(22-7-2-1-3-8-22)28(31-26)35-23-17-33(18-23)25-11-10-21-6-4-5-9-24(21)30-25/h4-6,9-11,16,20,22-23,34H,1-3,7-8,12-15,17-19H2. The number of rotatable bonds is 6. The molecule has 3 fully saturated rings. The van der Waals surface area contributed by atoms with Crippen LogP contribution in [0.5, 0.6) is 5.88 Å². The van der Waals surface area contributed by atoms with E-state index in [0.29, 0.717) is 11.8 Å². The molecule has 0 bridgehead atoms. The van der Waals surface area contributed by atoms with Gasteiger partial charge >= 0.3 is 0 Å². The molecule has 2 aromatic heterocycles. The maximum Gasteiger partial charge on any atom is 0.238 e. The molecule has 3 aliphatic rings. The number of fused-ring (bicyclic) bond motifs is 1. The Morgan fingerprint density at radius 1 is 0.857 bits per heavy atom. The average molecular weight is 474 g/mol. The van der Waals surface area contributed by atoms with Gasteiger partial charge in [0, 0.05) is 31.0 Å². The molecule has 2 aliphatic heterocycles. The van der Waals surface area contributed by atoms with Crippen molar-refractivity contribution < 1.29 is 9.84 Å². The highest BCUT2D eigenvalue weighted by molar-refractivity contribution is 5.80. The van der Waals surface area contributed by atoms with E-state index in [0.717, 1.165) is 73.1 Å². The van der Waals surface area contributed by atoms with Crippen molar-refractivity contribution in [3.63, 3.8) is 0 Å². The number of pyridine rings is 1. The Bertz CT molecular complexity index is 1150. The third-order valence-electron chi connectivity index (χ3n) is 7.98. The Morgan fingerprint density at radius 2 is 1.66 bits per heavy atom. The van der Waals surface area contributed by atoms with Crippen LogP contribution in [0.3, 0.4) is 0 Å². The maximum atomic E-state index is 9.49. The molecule has 1 N–H and O–H groups in total. The highest BCUT2D eigenvalue weighted by Crippen LogP contribution is 2.37. The molecule has 4 heterocycles. The van der Waals surface area contributed by atoms with Gasteiger partial charge < -0.3 is 19.6 Å². The summed E-state index contributed by atoms with van der Waals surface area (Å²) in [6, 6.07) is 12.5. The van der Waals surface area contributed by atoms with E-state index in [1.807, 2.05) is 18.3 Å². The minimum Gasteiger partial charge on any atom is -0.469 e. The summed E-state index contributed by atoms with van der Waals surface area (Å²) in [7, 11) is 0. The van der Waals surface area contributed by atoms with Gasteiger partial charge in [0.15, 0.2) is 5.82 Å². The van der Waals surface area contributed by atoms with Crippen molar-refractivity contribution in [1.82, 2.24) is 15.0 Å². The topological polar surface area (TPSA) is 74.6 Å². The molecule has 0 spiro atoms. The smallest absolute Gasteiger partial charge is 0.238 e. The van der Waals surface area contributed by atoms with Crippen LogP contribution in [0.15, 0.2) is 42.6 Å². The number of benzene rings is 1. The maximum absolute atomic E-state index is 9.49. The van der Waals surface area contributed by atoms with Crippen LogP contribution in [0.25, 0.3) is 10.9 Å². The summed E-state index contributed by atoms with van der Waals surface area (Å²) in [6.07, 6.45) is 10.2. The first-order valence-corrected chi connectivity index (χ1v) is 13.3. The first kappa shape index (κ1) is 22.5. The fraction of sp³-hybridized carbons (Fsp3) is 0.536. The summed E-state index contributed by atoms with van der Waals surface area (Å²) < 4.78 is 6.54. The molecule has 35 heavy (non-hydrogen) atoms. The van der Waals surface area contributed by atoms with Crippen LogP contribution in [0.2, 0.25) is 0 Å². The number of aliphatic hydroxyl groups excluding tert-OH is 1. The summed E-state index contributed by atoms with van der Waals surface area (Å²) in [5.41, 5.74) is 2.07. The number of hydrogen-bond donors (Lipinski definition) is 1. The van der Waals surface area contributed by atoms with Crippen molar-refractivity contribution in [3.05, 3.63) is 48.3 Å². The Morgan fingerprint density at radius 3 is 2.46 bits per heavy atom. The number of nitrogens with zero attached hydrogens (tertiary/aromatic N) is 5. The summed E-state index contributed by atoms with van der Waals surface area (Å²) >= 11 is 0. The second-order valence-electron chi connectivity index (χ2n) is 10.4. The Balaban J connectivity index is 1.18. The van der Waals surface area contributed by atoms with Crippen molar-refractivity contribution in [2.75, 3.05) is 42.6 Å². The minimum absolute atomic E-state index is 0.0929. The zero-order chi connectivity index (χ0) is 23.6. The third kappa shape index (κ3) is 4.79.